The maximum atomic E-state index is 12.2. The van der Waals surface area contributed by atoms with Gasteiger partial charge in [-0.05, 0) is 58.8 Å². The number of benzene rings is 1. The van der Waals surface area contributed by atoms with Crippen LogP contribution in [0.2, 0.25) is 0 Å². The molecule has 2 unspecified atom stereocenters. The molecule has 0 saturated heterocycles. The highest BCUT2D eigenvalue weighted by molar-refractivity contribution is 9.10. The van der Waals surface area contributed by atoms with Gasteiger partial charge in [0, 0.05) is 16.0 Å². The maximum Gasteiger partial charge on any atom is 0.228 e. The van der Waals surface area contributed by atoms with E-state index in [0.29, 0.717) is 17.4 Å². The minimum atomic E-state index is 0.0419. The van der Waals surface area contributed by atoms with Crippen LogP contribution in [0, 0.1) is 17.8 Å². The number of rotatable bonds is 3. The molecule has 0 bridgehead atoms. The zero-order chi connectivity index (χ0) is 14.3. The van der Waals surface area contributed by atoms with Crippen molar-refractivity contribution in [1.29, 1.82) is 0 Å². The van der Waals surface area contributed by atoms with Crippen molar-refractivity contribution >= 4 is 33.4 Å². The van der Waals surface area contributed by atoms with Gasteiger partial charge in [-0.15, -0.1) is 0 Å². The number of anilines is 1. The molecule has 5 nitrogen and oxygen atoms in total. The largest absolute Gasteiger partial charge is 0.409 e. The highest BCUT2D eigenvalue weighted by atomic mass is 79.9. The first-order valence-corrected chi connectivity index (χ1v) is 7.49. The summed E-state index contributed by atoms with van der Waals surface area (Å²) in [7, 11) is 0. The fraction of sp³-hybridized carbons (Fsp3) is 0.429. The highest BCUT2D eigenvalue weighted by Gasteiger charge is 2.56. The van der Waals surface area contributed by atoms with Gasteiger partial charge in [-0.1, -0.05) is 11.6 Å². The predicted octanol–water partition coefficient (Wildman–Crippen LogP) is 2.53. The smallest absolute Gasteiger partial charge is 0.228 e. The molecule has 0 radical (unpaired) electrons. The van der Waals surface area contributed by atoms with E-state index < -0.39 is 0 Å². The van der Waals surface area contributed by atoms with Crippen LogP contribution in [-0.2, 0) is 4.79 Å². The van der Waals surface area contributed by atoms with Gasteiger partial charge in [0.2, 0.25) is 5.91 Å². The monoisotopic (exact) mass is 337 g/mol. The van der Waals surface area contributed by atoms with Gasteiger partial charge in [-0.3, -0.25) is 4.79 Å². The zero-order valence-electron chi connectivity index (χ0n) is 10.8. The molecule has 1 aromatic rings. The molecule has 1 aromatic carbocycles. The van der Waals surface area contributed by atoms with Crippen LogP contribution in [-0.4, -0.2) is 17.0 Å². The lowest BCUT2D eigenvalue weighted by atomic mass is 10.1. The van der Waals surface area contributed by atoms with Crippen molar-refractivity contribution in [3.8, 4) is 0 Å². The third kappa shape index (κ3) is 2.28. The molecular formula is C14H16BrN3O2. The average molecular weight is 338 g/mol. The third-order valence-electron chi connectivity index (χ3n) is 4.34. The van der Waals surface area contributed by atoms with Crippen molar-refractivity contribution in [2.24, 2.45) is 28.6 Å². The fourth-order valence-corrected chi connectivity index (χ4v) is 3.74. The molecule has 2 aliphatic rings. The Hall–Kier alpha value is -1.56. The molecule has 1 amide bonds. The van der Waals surface area contributed by atoms with Gasteiger partial charge >= 0.3 is 0 Å². The van der Waals surface area contributed by atoms with Crippen LogP contribution in [0.5, 0.6) is 0 Å². The van der Waals surface area contributed by atoms with Crippen molar-refractivity contribution in [3.05, 3.63) is 28.2 Å². The second kappa shape index (κ2) is 5.09. The van der Waals surface area contributed by atoms with Gasteiger partial charge in [0.15, 0.2) is 5.84 Å². The van der Waals surface area contributed by atoms with Crippen LogP contribution < -0.4 is 11.1 Å². The van der Waals surface area contributed by atoms with E-state index in [-0.39, 0.29) is 17.7 Å². The molecule has 0 heterocycles. The normalized spacial score (nSPS) is 28.1. The van der Waals surface area contributed by atoms with E-state index in [4.69, 9.17) is 10.9 Å². The number of halogens is 1. The molecule has 0 spiro atoms. The number of oxime groups is 1. The lowest BCUT2D eigenvalue weighted by Crippen LogP contribution is -2.17. The summed E-state index contributed by atoms with van der Waals surface area (Å²) in [6, 6.07) is 5.19. The number of nitrogens with one attached hydrogen (secondary N) is 1. The number of nitrogens with zero attached hydrogens (tertiary/aromatic N) is 1. The molecule has 4 N–H and O–H groups in total. The third-order valence-corrected chi connectivity index (χ3v) is 5.00. The summed E-state index contributed by atoms with van der Waals surface area (Å²) in [5, 5.41) is 14.6. The van der Waals surface area contributed by atoms with Crippen molar-refractivity contribution < 1.29 is 10.0 Å². The molecule has 2 aliphatic carbocycles. The van der Waals surface area contributed by atoms with Gasteiger partial charge in [0.1, 0.15) is 0 Å². The second-order valence-corrected chi connectivity index (χ2v) is 6.31. The Labute approximate surface area is 125 Å². The van der Waals surface area contributed by atoms with Crippen molar-refractivity contribution in [2.45, 2.75) is 19.3 Å². The van der Waals surface area contributed by atoms with Gasteiger partial charge in [-0.2, -0.15) is 0 Å². The predicted molar refractivity (Wildman–Crippen MR) is 79.6 cm³/mol. The molecule has 2 saturated carbocycles. The van der Waals surface area contributed by atoms with Crippen LogP contribution in [0.3, 0.4) is 0 Å². The van der Waals surface area contributed by atoms with Crippen molar-refractivity contribution in [2.75, 3.05) is 5.32 Å². The average Bonchev–Trinajstić information content (AvgIpc) is 2.93. The Morgan fingerprint density at radius 1 is 1.40 bits per heavy atom. The molecule has 106 valence electrons. The number of fused-ring (bicyclic) bond motifs is 1. The molecule has 3 rings (SSSR count). The number of carbonyl (C=O) groups excluding carboxylic acids is 1. The van der Waals surface area contributed by atoms with E-state index in [2.05, 4.69) is 26.4 Å². The van der Waals surface area contributed by atoms with E-state index in [1.807, 2.05) is 0 Å². The molecule has 2 fully saturated rings. The van der Waals surface area contributed by atoms with Gasteiger partial charge in [0.05, 0.1) is 5.69 Å². The van der Waals surface area contributed by atoms with Crippen molar-refractivity contribution in [1.82, 2.24) is 0 Å². The number of amidine groups is 1. The molecule has 2 atom stereocenters. The van der Waals surface area contributed by atoms with E-state index in [1.165, 1.54) is 19.3 Å². The Balaban J connectivity index is 1.70. The minimum Gasteiger partial charge on any atom is -0.409 e. The van der Waals surface area contributed by atoms with E-state index >= 15 is 0 Å². The molecule has 20 heavy (non-hydrogen) atoms. The summed E-state index contributed by atoms with van der Waals surface area (Å²) in [6.45, 7) is 0. The Morgan fingerprint density at radius 3 is 2.70 bits per heavy atom. The SMILES string of the molecule is N/C(=N/O)c1ccc(NC(=O)C2C3CCCC32)c(Br)c1. The highest BCUT2D eigenvalue weighted by Crippen LogP contribution is 2.57. The number of hydrogen-bond donors (Lipinski definition) is 3. The quantitative estimate of drug-likeness (QED) is 0.342. The number of hydrogen-bond acceptors (Lipinski definition) is 3. The second-order valence-electron chi connectivity index (χ2n) is 5.45. The van der Waals surface area contributed by atoms with Crippen LogP contribution in [0.15, 0.2) is 27.8 Å². The Bertz CT molecular complexity index is 578. The van der Waals surface area contributed by atoms with E-state index in [9.17, 15) is 4.79 Å². The fourth-order valence-electron chi connectivity index (χ4n) is 3.26. The van der Waals surface area contributed by atoms with Crippen LogP contribution >= 0.6 is 15.9 Å². The van der Waals surface area contributed by atoms with Gasteiger partial charge in [0.25, 0.3) is 0 Å². The number of nitrogens with two attached hydrogens (primary N) is 1. The first-order chi connectivity index (χ1) is 9.61. The number of amides is 1. The minimum absolute atomic E-state index is 0.0419. The molecule has 0 aromatic heterocycles. The zero-order valence-corrected chi connectivity index (χ0v) is 12.4. The van der Waals surface area contributed by atoms with Crippen molar-refractivity contribution in [3.63, 3.8) is 0 Å². The molecular weight excluding hydrogens is 322 g/mol. The van der Waals surface area contributed by atoms with Gasteiger partial charge < -0.3 is 16.3 Å². The lowest BCUT2D eigenvalue weighted by molar-refractivity contribution is -0.118. The van der Waals surface area contributed by atoms with Crippen LogP contribution in [0.25, 0.3) is 0 Å². The summed E-state index contributed by atoms with van der Waals surface area (Å²) in [4.78, 5) is 12.2. The lowest BCUT2D eigenvalue weighted by Gasteiger charge is -2.10. The molecule has 6 heteroatoms. The number of carbonyl (C=O) groups is 1. The van der Waals surface area contributed by atoms with E-state index in [1.54, 1.807) is 18.2 Å². The van der Waals surface area contributed by atoms with Gasteiger partial charge in [-0.25, -0.2) is 0 Å². The molecule has 0 aliphatic heterocycles. The summed E-state index contributed by atoms with van der Waals surface area (Å²) < 4.78 is 0.723. The first kappa shape index (κ1) is 13.4. The summed E-state index contributed by atoms with van der Waals surface area (Å²) in [5.74, 6) is 1.55. The standard InChI is InChI=1S/C14H16BrN3O2/c15-10-6-7(13(16)18-20)4-5-11(10)17-14(19)12-8-2-1-3-9(8)12/h4-6,8-9,12,20H,1-3H2,(H2,16,18)(H,17,19). The topological polar surface area (TPSA) is 87.7 Å². The summed E-state index contributed by atoms with van der Waals surface area (Å²) in [5.41, 5.74) is 6.84. The summed E-state index contributed by atoms with van der Waals surface area (Å²) >= 11 is 3.40. The first-order valence-electron chi connectivity index (χ1n) is 6.70. The Morgan fingerprint density at radius 2 is 2.10 bits per heavy atom. The van der Waals surface area contributed by atoms with E-state index in [0.717, 1.165) is 10.2 Å². The Kier molecular flexibility index (Phi) is 3.41. The summed E-state index contributed by atoms with van der Waals surface area (Å²) in [6.07, 6.45) is 3.63. The van der Waals surface area contributed by atoms with Crippen LogP contribution in [0.1, 0.15) is 24.8 Å². The maximum absolute atomic E-state index is 12.2. The van der Waals surface area contributed by atoms with Crippen LogP contribution in [0.4, 0.5) is 5.69 Å².